The van der Waals surface area contributed by atoms with Crippen molar-refractivity contribution in [3.05, 3.63) is 57.8 Å². The maximum atomic E-state index is 12.5. The lowest BCUT2D eigenvalue weighted by Gasteiger charge is -2.10. The van der Waals surface area contributed by atoms with Crippen molar-refractivity contribution in [2.75, 3.05) is 25.3 Å². The predicted molar refractivity (Wildman–Crippen MR) is 128 cm³/mol. The number of ether oxygens (including phenoxy) is 2. The number of methoxy groups -OCH3 is 2. The van der Waals surface area contributed by atoms with Gasteiger partial charge in [0.05, 0.1) is 36.6 Å². The summed E-state index contributed by atoms with van der Waals surface area (Å²) in [6, 6.07) is 9.75. The van der Waals surface area contributed by atoms with Crippen LogP contribution in [-0.4, -0.2) is 46.6 Å². The van der Waals surface area contributed by atoms with Gasteiger partial charge in [0.2, 0.25) is 5.91 Å². The number of amides is 2. The SMILES string of the molecule is COc1ccc(C(=O)NCc2nnc(SCC(=O)Nc3ccc(Cl)c(Cl)c3)n2C)cc1OC. The van der Waals surface area contributed by atoms with E-state index in [1.54, 1.807) is 48.0 Å². The number of nitrogens with one attached hydrogen (secondary N) is 2. The zero-order chi connectivity index (χ0) is 24.0. The topological polar surface area (TPSA) is 107 Å². The molecule has 2 N–H and O–H groups in total. The maximum Gasteiger partial charge on any atom is 0.251 e. The molecule has 0 fully saturated rings. The molecule has 0 aliphatic rings. The quantitative estimate of drug-likeness (QED) is 0.422. The number of benzene rings is 2. The van der Waals surface area contributed by atoms with E-state index in [1.165, 1.54) is 26.0 Å². The molecule has 12 heteroatoms. The number of nitrogens with zero attached hydrogens (tertiary/aromatic N) is 3. The molecule has 0 unspecified atom stereocenters. The van der Waals surface area contributed by atoms with Crippen LogP contribution in [-0.2, 0) is 18.4 Å². The van der Waals surface area contributed by atoms with Crippen LogP contribution in [0.2, 0.25) is 10.0 Å². The van der Waals surface area contributed by atoms with E-state index >= 15 is 0 Å². The van der Waals surface area contributed by atoms with Gasteiger partial charge in [-0.2, -0.15) is 0 Å². The van der Waals surface area contributed by atoms with Gasteiger partial charge in [-0.25, -0.2) is 0 Å². The van der Waals surface area contributed by atoms with Crippen molar-refractivity contribution < 1.29 is 19.1 Å². The van der Waals surface area contributed by atoms with E-state index in [2.05, 4.69) is 20.8 Å². The van der Waals surface area contributed by atoms with Crippen molar-refractivity contribution in [1.82, 2.24) is 20.1 Å². The highest BCUT2D eigenvalue weighted by Crippen LogP contribution is 2.28. The van der Waals surface area contributed by atoms with Crippen LogP contribution in [0.3, 0.4) is 0 Å². The molecule has 3 rings (SSSR count). The second-order valence-electron chi connectivity index (χ2n) is 6.68. The minimum atomic E-state index is -0.297. The predicted octanol–water partition coefficient (Wildman–Crippen LogP) is 3.80. The molecule has 33 heavy (non-hydrogen) atoms. The third kappa shape index (κ3) is 6.31. The van der Waals surface area contributed by atoms with E-state index in [4.69, 9.17) is 32.7 Å². The standard InChI is InChI=1S/C21H21Cl2N5O4S/c1-28-18(10-24-20(30)12-4-7-16(31-2)17(8-12)32-3)26-27-21(28)33-11-19(29)25-13-5-6-14(22)15(23)9-13/h4-9H,10-11H2,1-3H3,(H,24,30)(H,25,29). The molecule has 2 aromatic carbocycles. The molecule has 0 aliphatic heterocycles. The van der Waals surface area contributed by atoms with E-state index < -0.39 is 0 Å². The molecule has 9 nitrogen and oxygen atoms in total. The van der Waals surface area contributed by atoms with E-state index in [9.17, 15) is 9.59 Å². The second-order valence-corrected chi connectivity index (χ2v) is 8.43. The molecule has 0 saturated heterocycles. The van der Waals surface area contributed by atoms with Crippen molar-refractivity contribution in [2.45, 2.75) is 11.7 Å². The Morgan fingerprint density at radius 1 is 1.03 bits per heavy atom. The molecular formula is C21H21Cl2N5O4S. The first-order valence-electron chi connectivity index (χ1n) is 9.58. The number of halogens is 2. The van der Waals surface area contributed by atoms with Gasteiger partial charge in [-0.3, -0.25) is 9.59 Å². The van der Waals surface area contributed by atoms with Crippen molar-refractivity contribution in [1.29, 1.82) is 0 Å². The first-order chi connectivity index (χ1) is 15.8. The van der Waals surface area contributed by atoms with Gasteiger partial charge in [0.15, 0.2) is 22.5 Å². The Hall–Kier alpha value is -2.95. The minimum absolute atomic E-state index is 0.115. The Morgan fingerprint density at radius 2 is 1.79 bits per heavy atom. The van der Waals surface area contributed by atoms with Crippen LogP contribution >= 0.6 is 35.0 Å². The molecule has 1 aromatic heterocycles. The number of hydrogen-bond acceptors (Lipinski definition) is 7. The summed E-state index contributed by atoms with van der Waals surface area (Å²) >= 11 is 13.1. The molecule has 0 saturated carbocycles. The maximum absolute atomic E-state index is 12.5. The first-order valence-corrected chi connectivity index (χ1v) is 11.3. The smallest absolute Gasteiger partial charge is 0.251 e. The summed E-state index contributed by atoms with van der Waals surface area (Å²) in [5, 5.41) is 15.0. The largest absolute Gasteiger partial charge is 0.493 e. The van der Waals surface area contributed by atoms with Crippen LogP contribution in [0.5, 0.6) is 11.5 Å². The summed E-state index contributed by atoms with van der Waals surface area (Å²) in [6.45, 7) is 0.159. The van der Waals surface area contributed by atoms with Gasteiger partial charge in [-0.15, -0.1) is 10.2 Å². The van der Waals surface area contributed by atoms with Crippen LogP contribution in [0.4, 0.5) is 5.69 Å². The lowest BCUT2D eigenvalue weighted by Crippen LogP contribution is -2.24. The third-order valence-corrected chi connectivity index (χ3v) is 6.27. The zero-order valence-electron chi connectivity index (χ0n) is 18.0. The molecule has 0 radical (unpaired) electrons. The van der Waals surface area contributed by atoms with Crippen LogP contribution in [0.1, 0.15) is 16.2 Å². The van der Waals surface area contributed by atoms with E-state index in [0.717, 1.165) is 0 Å². The molecule has 1 heterocycles. The third-order valence-electron chi connectivity index (χ3n) is 4.51. The molecule has 0 aliphatic carbocycles. The number of rotatable bonds is 9. The average Bonchev–Trinajstić information content (AvgIpc) is 3.17. The molecular weight excluding hydrogens is 489 g/mol. The van der Waals surface area contributed by atoms with Gasteiger partial charge < -0.3 is 24.7 Å². The number of hydrogen-bond donors (Lipinski definition) is 2. The number of carbonyl (C=O) groups is 2. The highest BCUT2D eigenvalue weighted by atomic mass is 35.5. The minimum Gasteiger partial charge on any atom is -0.493 e. The molecule has 2 amide bonds. The Morgan fingerprint density at radius 3 is 2.48 bits per heavy atom. The van der Waals surface area contributed by atoms with Gasteiger partial charge >= 0.3 is 0 Å². The Balaban J connectivity index is 1.54. The Kier molecular flexibility index (Phi) is 8.43. The summed E-state index contributed by atoms with van der Waals surface area (Å²) in [7, 11) is 4.79. The van der Waals surface area contributed by atoms with E-state index in [-0.39, 0.29) is 24.1 Å². The van der Waals surface area contributed by atoms with E-state index in [1.807, 2.05) is 0 Å². The zero-order valence-corrected chi connectivity index (χ0v) is 20.3. The fraction of sp³-hybridized carbons (Fsp3) is 0.238. The van der Waals surface area contributed by atoms with Gasteiger partial charge in [-0.05, 0) is 36.4 Å². The number of anilines is 1. The monoisotopic (exact) mass is 509 g/mol. The second kappa shape index (κ2) is 11.3. The molecule has 0 atom stereocenters. The van der Waals surface area contributed by atoms with Crippen molar-refractivity contribution in [2.24, 2.45) is 7.05 Å². The van der Waals surface area contributed by atoms with Crippen molar-refractivity contribution >= 4 is 52.5 Å². The van der Waals surface area contributed by atoms with Crippen LogP contribution in [0.25, 0.3) is 0 Å². The highest BCUT2D eigenvalue weighted by molar-refractivity contribution is 7.99. The lowest BCUT2D eigenvalue weighted by atomic mass is 10.2. The highest BCUT2D eigenvalue weighted by Gasteiger charge is 2.15. The molecule has 174 valence electrons. The summed E-state index contributed by atoms with van der Waals surface area (Å²) in [6.07, 6.45) is 0. The van der Waals surface area contributed by atoms with Gasteiger partial charge in [-0.1, -0.05) is 35.0 Å². The van der Waals surface area contributed by atoms with Crippen molar-refractivity contribution in [3.8, 4) is 11.5 Å². The average molecular weight is 510 g/mol. The first kappa shape index (κ1) is 24.7. The fourth-order valence-corrected chi connectivity index (χ4v) is 3.79. The Labute approximate surface area is 204 Å². The van der Waals surface area contributed by atoms with Gasteiger partial charge in [0.25, 0.3) is 5.91 Å². The Bertz CT molecular complexity index is 1170. The van der Waals surface area contributed by atoms with Crippen LogP contribution in [0, 0.1) is 0 Å². The summed E-state index contributed by atoms with van der Waals surface area (Å²) in [5.41, 5.74) is 0.968. The molecule has 3 aromatic rings. The van der Waals surface area contributed by atoms with Gasteiger partial charge in [0.1, 0.15) is 0 Å². The number of thioether (sulfide) groups is 1. The van der Waals surface area contributed by atoms with E-state index in [0.29, 0.717) is 43.8 Å². The normalized spacial score (nSPS) is 10.6. The molecule has 0 bridgehead atoms. The lowest BCUT2D eigenvalue weighted by molar-refractivity contribution is -0.113. The fourth-order valence-electron chi connectivity index (χ4n) is 2.76. The summed E-state index contributed by atoms with van der Waals surface area (Å²) in [4.78, 5) is 24.7. The summed E-state index contributed by atoms with van der Waals surface area (Å²) < 4.78 is 12.1. The van der Waals surface area contributed by atoms with Gasteiger partial charge in [0, 0.05) is 18.3 Å². The number of aromatic nitrogens is 3. The summed E-state index contributed by atoms with van der Waals surface area (Å²) in [5.74, 6) is 1.12. The molecule has 0 spiro atoms. The van der Waals surface area contributed by atoms with Crippen LogP contribution in [0.15, 0.2) is 41.6 Å². The van der Waals surface area contributed by atoms with Crippen molar-refractivity contribution in [3.63, 3.8) is 0 Å². The number of carbonyl (C=O) groups excluding carboxylic acids is 2. The van der Waals surface area contributed by atoms with Crippen LogP contribution < -0.4 is 20.1 Å².